The van der Waals surface area contributed by atoms with Crippen molar-refractivity contribution in [3.8, 4) is 11.8 Å². The number of hydrogen-bond donors (Lipinski definition) is 2. The van der Waals surface area contributed by atoms with E-state index in [1.54, 1.807) is 24.3 Å². The Kier molecular flexibility index (Phi) is 3.44. The maximum absolute atomic E-state index is 13.0. The third-order valence-electron chi connectivity index (χ3n) is 2.54. The fourth-order valence-electron chi connectivity index (χ4n) is 1.56. The van der Waals surface area contributed by atoms with Crippen LogP contribution in [0.3, 0.4) is 0 Å². The van der Waals surface area contributed by atoms with Gasteiger partial charge in [-0.25, -0.2) is 4.39 Å². The van der Waals surface area contributed by atoms with E-state index in [4.69, 9.17) is 5.26 Å². The van der Waals surface area contributed by atoms with Gasteiger partial charge in [-0.3, -0.25) is 0 Å². The van der Waals surface area contributed by atoms with Gasteiger partial charge in [-0.2, -0.15) is 5.26 Å². The standard InChI is InChI=1S/C14H11FN2O/c15-12-3-6-14(18)11(7-12)9-17-13-4-1-10(8-16)2-5-13/h1-7,17-18H,9H2. The summed E-state index contributed by atoms with van der Waals surface area (Å²) in [6.45, 7) is 0.315. The molecule has 3 nitrogen and oxygen atoms in total. The SMILES string of the molecule is N#Cc1ccc(NCc2cc(F)ccc2O)cc1. The largest absolute Gasteiger partial charge is 0.508 e. The van der Waals surface area contributed by atoms with E-state index in [0.29, 0.717) is 17.7 Å². The van der Waals surface area contributed by atoms with Crippen LogP contribution in [0.15, 0.2) is 42.5 Å². The number of phenolic OH excluding ortho intramolecular Hbond substituents is 1. The van der Waals surface area contributed by atoms with Crippen LogP contribution in [0.1, 0.15) is 11.1 Å². The number of nitriles is 1. The van der Waals surface area contributed by atoms with Crippen LogP contribution < -0.4 is 5.32 Å². The van der Waals surface area contributed by atoms with Crippen LogP contribution in [0.5, 0.6) is 5.75 Å². The maximum Gasteiger partial charge on any atom is 0.123 e. The van der Waals surface area contributed by atoms with E-state index in [1.165, 1.54) is 18.2 Å². The van der Waals surface area contributed by atoms with Crippen molar-refractivity contribution in [2.24, 2.45) is 0 Å². The zero-order valence-electron chi connectivity index (χ0n) is 9.52. The minimum atomic E-state index is -0.385. The van der Waals surface area contributed by atoms with Gasteiger partial charge in [0.2, 0.25) is 0 Å². The van der Waals surface area contributed by atoms with Crippen molar-refractivity contribution in [3.05, 3.63) is 59.4 Å². The number of nitrogens with one attached hydrogen (secondary N) is 1. The van der Waals surface area contributed by atoms with E-state index < -0.39 is 0 Å². The number of benzene rings is 2. The summed E-state index contributed by atoms with van der Waals surface area (Å²) >= 11 is 0. The second-order valence-corrected chi connectivity index (χ2v) is 3.82. The molecular weight excluding hydrogens is 231 g/mol. The Bertz CT molecular complexity index is 588. The molecule has 0 aromatic heterocycles. The van der Waals surface area contributed by atoms with E-state index in [2.05, 4.69) is 5.32 Å². The van der Waals surface area contributed by atoms with Gasteiger partial charge in [-0.1, -0.05) is 0 Å². The highest BCUT2D eigenvalue weighted by Gasteiger charge is 2.02. The fourth-order valence-corrected chi connectivity index (χ4v) is 1.56. The molecule has 0 spiro atoms. The highest BCUT2D eigenvalue weighted by molar-refractivity contribution is 5.48. The smallest absolute Gasteiger partial charge is 0.123 e. The van der Waals surface area contributed by atoms with Gasteiger partial charge in [0.15, 0.2) is 0 Å². The van der Waals surface area contributed by atoms with Crippen LogP contribution in [0, 0.1) is 17.1 Å². The maximum atomic E-state index is 13.0. The Morgan fingerprint density at radius 2 is 1.89 bits per heavy atom. The highest BCUT2D eigenvalue weighted by Crippen LogP contribution is 2.19. The van der Waals surface area contributed by atoms with Crippen LogP contribution in [-0.4, -0.2) is 5.11 Å². The molecule has 2 rings (SSSR count). The first kappa shape index (κ1) is 11.9. The summed E-state index contributed by atoms with van der Waals surface area (Å²) in [6, 6.07) is 12.7. The van der Waals surface area contributed by atoms with Gasteiger partial charge in [0, 0.05) is 17.8 Å². The molecule has 0 atom stereocenters. The molecule has 90 valence electrons. The van der Waals surface area contributed by atoms with Crippen LogP contribution >= 0.6 is 0 Å². The first-order valence-corrected chi connectivity index (χ1v) is 5.40. The number of rotatable bonds is 3. The van der Waals surface area contributed by atoms with Gasteiger partial charge in [0.1, 0.15) is 11.6 Å². The van der Waals surface area contributed by atoms with E-state index >= 15 is 0 Å². The molecule has 0 heterocycles. The van der Waals surface area contributed by atoms with Crippen molar-refractivity contribution in [1.29, 1.82) is 5.26 Å². The molecule has 4 heteroatoms. The van der Waals surface area contributed by atoms with Gasteiger partial charge >= 0.3 is 0 Å². The van der Waals surface area contributed by atoms with Crippen LogP contribution in [0.25, 0.3) is 0 Å². The topological polar surface area (TPSA) is 56.0 Å². The third-order valence-corrected chi connectivity index (χ3v) is 2.54. The zero-order chi connectivity index (χ0) is 13.0. The molecule has 0 saturated carbocycles. The number of hydrogen-bond acceptors (Lipinski definition) is 3. The summed E-state index contributed by atoms with van der Waals surface area (Å²) in [6.07, 6.45) is 0. The van der Waals surface area contributed by atoms with E-state index in [-0.39, 0.29) is 11.6 Å². The molecule has 2 aromatic carbocycles. The van der Waals surface area contributed by atoms with Gasteiger partial charge < -0.3 is 10.4 Å². The molecule has 0 unspecified atom stereocenters. The molecule has 0 aliphatic heterocycles. The Morgan fingerprint density at radius 1 is 1.17 bits per heavy atom. The first-order valence-electron chi connectivity index (χ1n) is 5.40. The van der Waals surface area contributed by atoms with Crippen molar-refractivity contribution < 1.29 is 9.50 Å². The number of aromatic hydroxyl groups is 1. The molecule has 2 N–H and O–H groups in total. The molecule has 0 amide bonds. The highest BCUT2D eigenvalue weighted by atomic mass is 19.1. The van der Waals surface area contributed by atoms with Crippen LogP contribution in [0.2, 0.25) is 0 Å². The molecule has 0 aliphatic rings. The predicted molar refractivity (Wildman–Crippen MR) is 66.5 cm³/mol. The van der Waals surface area contributed by atoms with Crippen molar-refractivity contribution in [2.45, 2.75) is 6.54 Å². The zero-order valence-corrected chi connectivity index (χ0v) is 9.52. The average Bonchev–Trinajstić information content (AvgIpc) is 2.40. The van der Waals surface area contributed by atoms with Crippen molar-refractivity contribution in [2.75, 3.05) is 5.32 Å². The summed E-state index contributed by atoms with van der Waals surface area (Å²) in [5.41, 5.74) is 1.87. The Hall–Kier alpha value is -2.54. The molecule has 0 bridgehead atoms. The molecule has 0 aliphatic carbocycles. The van der Waals surface area contributed by atoms with Gasteiger partial charge in [0.25, 0.3) is 0 Å². The summed E-state index contributed by atoms with van der Waals surface area (Å²) in [5, 5.41) is 21.2. The quantitative estimate of drug-likeness (QED) is 0.869. The molecule has 18 heavy (non-hydrogen) atoms. The van der Waals surface area contributed by atoms with Gasteiger partial charge in [-0.15, -0.1) is 0 Å². The summed E-state index contributed by atoms with van der Waals surface area (Å²) in [4.78, 5) is 0. The normalized spacial score (nSPS) is 9.78. The predicted octanol–water partition coefficient (Wildman–Crippen LogP) is 3.02. The Labute approximate surface area is 104 Å². The molecule has 2 aromatic rings. The second kappa shape index (κ2) is 5.19. The van der Waals surface area contributed by atoms with Crippen LogP contribution in [0.4, 0.5) is 10.1 Å². The molecule has 0 radical (unpaired) electrons. The van der Waals surface area contributed by atoms with Crippen LogP contribution in [-0.2, 0) is 6.54 Å². The second-order valence-electron chi connectivity index (χ2n) is 3.82. The average molecular weight is 242 g/mol. The lowest BCUT2D eigenvalue weighted by atomic mass is 10.2. The number of halogens is 1. The lowest BCUT2D eigenvalue weighted by Crippen LogP contribution is -2.00. The number of nitrogens with zero attached hydrogens (tertiary/aromatic N) is 1. The molecule has 0 fully saturated rings. The monoisotopic (exact) mass is 242 g/mol. The van der Waals surface area contributed by atoms with Crippen molar-refractivity contribution in [1.82, 2.24) is 0 Å². The summed E-state index contributed by atoms with van der Waals surface area (Å²) < 4.78 is 13.0. The Balaban J connectivity index is 2.07. The fraction of sp³-hybridized carbons (Fsp3) is 0.0714. The lowest BCUT2D eigenvalue weighted by molar-refractivity contribution is 0.466. The number of phenols is 1. The number of anilines is 1. The van der Waals surface area contributed by atoms with E-state index in [9.17, 15) is 9.50 Å². The summed E-state index contributed by atoms with van der Waals surface area (Å²) in [7, 11) is 0. The first-order chi connectivity index (χ1) is 8.69. The summed E-state index contributed by atoms with van der Waals surface area (Å²) in [5.74, 6) is -0.332. The van der Waals surface area contributed by atoms with Crippen molar-refractivity contribution >= 4 is 5.69 Å². The molecular formula is C14H11FN2O. The van der Waals surface area contributed by atoms with Gasteiger partial charge in [-0.05, 0) is 42.5 Å². The van der Waals surface area contributed by atoms with Gasteiger partial charge in [0.05, 0.1) is 11.6 Å². The van der Waals surface area contributed by atoms with Crippen molar-refractivity contribution in [3.63, 3.8) is 0 Å². The van der Waals surface area contributed by atoms with E-state index in [0.717, 1.165) is 5.69 Å². The third kappa shape index (κ3) is 2.77. The minimum absolute atomic E-state index is 0.0533. The Morgan fingerprint density at radius 3 is 2.56 bits per heavy atom. The lowest BCUT2D eigenvalue weighted by Gasteiger charge is -2.08. The molecule has 0 saturated heterocycles. The minimum Gasteiger partial charge on any atom is -0.508 e. The van der Waals surface area contributed by atoms with E-state index in [1.807, 2.05) is 6.07 Å².